The summed E-state index contributed by atoms with van der Waals surface area (Å²) in [7, 11) is 2.01. The maximum absolute atomic E-state index is 3.57. The molecule has 0 amide bonds. The Morgan fingerprint density at radius 1 is 1.46 bits per heavy atom. The Balaban J connectivity index is 2.03. The number of nitrogens with one attached hydrogen (secondary N) is 2. The first-order valence-electron chi connectivity index (χ1n) is 5.32. The highest BCUT2D eigenvalue weighted by atomic mass is 32.2. The van der Waals surface area contributed by atoms with Crippen molar-refractivity contribution in [2.24, 2.45) is 0 Å². The molecule has 2 atom stereocenters. The molecular formula is C10H22N2S. The SMILES string of the molecule is CNCC(C)NCC1CCCCS1. The molecule has 0 aromatic heterocycles. The van der Waals surface area contributed by atoms with E-state index in [1.165, 1.54) is 31.6 Å². The third-order valence-electron chi connectivity index (χ3n) is 2.48. The van der Waals surface area contributed by atoms with E-state index in [0.29, 0.717) is 6.04 Å². The Morgan fingerprint density at radius 3 is 2.92 bits per heavy atom. The van der Waals surface area contributed by atoms with Crippen LogP contribution in [0.4, 0.5) is 0 Å². The van der Waals surface area contributed by atoms with Crippen molar-refractivity contribution >= 4 is 11.8 Å². The van der Waals surface area contributed by atoms with E-state index in [-0.39, 0.29) is 0 Å². The first kappa shape index (κ1) is 11.3. The topological polar surface area (TPSA) is 24.1 Å². The molecule has 1 fully saturated rings. The molecular weight excluding hydrogens is 180 g/mol. The quantitative estimate of drug-likeness (QED) is 0.706. The summed E-state index contributed by atoms with van der Waals surface area (Å²) in [5.74, 6) is 1.37. The Bertz CT molecular complexity index is 124. The number of rotatable bonds is 5. The van der Waals surface area contributed by atoms with Gasteiger partial charge in [0.2, 0.25) is 0 Å². The molecule has 0 radical (unpaired) electrons. The van der Waals surface area contributed by atoms with Crippen molar-refractivity contribution in [2.45, 2.75) is 37.5 Å². The summed E-state index contributed by atoms with van der Waals surface area (Å²) in [6.07, 6.45) is 4.26. The minimum atomic E-state index is 0.604. The van der Waals surface area contributed by atoms with E-state index in [2.05, 4.69) is 29.3 Å². The lowest BCUT2D eigenvalue weighted by Crippen LogP contribution is -2.39. The lowest BCUT2D eigenvalue weighted by Gasteiger charge is -2.23. The molecule has 0 bridgehead atoms. The van der Waals surface area contributed by atoms with Crippen molar-refractivity contribution in [1.82, 2.24) is 10.6 Å². The van der Waals surface area contributed by atoms with Gasteiger partial charge >= 0.3 is 0 Å². The van der Waals surface area contributed by atoms with Crippen molar-refractivity contribution in [3.05, 3.63) is 0 Å². The minimum absolute atomic E-state index is 0.604. The van der Waals surface area contributed by atoms with Crippen LogP contribution in [0.15, 0.2) is 0 Å². The predicted molar refractivity (Wildman–Crippen MR) is 61.5 cm³/mol. The number of likely N-dealkylation sites (N-methyl/N-ethyl adjacent to an activating group) is 1. The van der Waals surface area contributed by atoms with E-state index < -0.39 is 0 Å². The van der Waals surface area contributed by atoms with Gasteiger partial charge in [-0.2, -0.15) is 11.8 Å². The van der Waals surface area contributed by atoms with E-state index >= 15 is 0 Å². The van der Waals surface area contributed by atoms with Gasteiger partial charge in [-0.1, -0.05) is 6.42 Å². The first-order chi connectivity index (χ1) is 6.33. The molecule has 0 spiro atoms. The van der Waals surface area contributed by atoms with Gasteiger partial charge in [0, 0.05) is 24.4 Å². The minimum Gasteiger partial charge on any atom is -0.318 e. The summed E-state index contributed by atoms with van der Waals surface area (Å²) < 4.78 is 0. The fourth-order valence-corrected chi connectivity index (χ4v) is 2.93. The van der Waals surface area contributed by atoms with E-state index in [0.717, 1.165) is 11.8 Å². The normalized spacial score (nSPS) is 25.8. The Labute approximate surface area is 86.2 Å². The fourth-order valence-electron chi connectivity index (χ4n) is 1.68. The van der Waals surface area contributed by atoms with Gasteiger partial charge in [0.25, 0.3) is 0 Å². The van der Waals surface area contributed by atoms with Gasteiger partial charge in [-0.3, -0.25) is 0 Å². The Hall–Kier alpha value is 0.270. The lowest BCUT2D eigenvalue weighted by atomic mass is 10.2. The molecule has 1 aliphatic heterocycles. The van der Waals surface area contributed by atoms with Gasteiger partial charge in [0.15, 0.2) is 0 Å². The van der Waals surface area contributed by atoms with E-state index in [4.69, 9.17) is 0 Å². The van der Waals surface area contributed by atoms with Crippen LogP contribution in [0.25, 0.3) is 0 Å². The summed E-state index contributed by atoms with van der Waals surface area (Å²) >= 11 is 2.14. The summed E-state index contributed by atoms with van der Waals surface area (Å²) in [4.78, 5) is 0. The summed E-state index contributed by atoms with van der Waals surface area (Å²) in [5, 5.41) is 7.62. The van der Waals surface area contributed by atoms with Crippen LogP contribution in [-0.4, -0.2) is 37.2 Å². The summed E-state index contributed by atoms with van der Waals surface area (Å²) in [6, 6.07) is 0.604. The molecule has 2 nitrogen and oxygen atoms in total. The van der Waals surface area contributed by atoms with Crippen LogP contribution in [0.1, 0.15) is 26.2 Å². The van der Waals surface area contributed by atoms with Crippen molar-refractivity contribution in [2.75, 3.05) is 25.9 Å². The zero-order valence-corrected chi connectivity index (χ0v) is 9.62. The van der Waals surface area contributed by atoms with Gasteiger partial charge in [-0.15, -0.1) is 0 Å². The molecule has 1 saturated heterocycles. The average Bonchev–Trinajstić information content (AvgIpc) is 2.17. The highest BCUT2D eigenvalue weighted by Crippen LogP contribution is 2.24. The predicted octanol–water partition coefficient (Wildman–Crippen LogP) is 1.47. The zero-order chi connectivity index (χ0) is 9.52. The van der Waals surface area contributed by atoms with Crippen molar-refractivity contribution in [1.29, 1.82) is 0 Å². The molecule has 0 aromatic rings. The van der Waals surface area contributed by atoms with Crippen molar-refractivity contribution in [3.63, 3.8) is 0 Å². The van der Waals surface area contributed by atoms with Crippen LogP contribution in [0.2, 0.25) is 0 Å². The molecule has 78 valence electrons. The second kappa shape index (κ2) is 6.68. The fraction of sp³-hybridized carbons (Fsp3) is 1.00. The molecule has 1 rings (SSSR count). The number of hydrogen-bond donors (Lipinski definition) is 2. The van der Waals surface area contributed by atoms with Crippen molar-refractivity contribution < 1.29 is 0 Å². The Kier molecular flexibility index (Phi) is 5.83. The van der Waals surface area contributed by atoms with Crippen LogP contribution in [0.5, 0.6) is 0 Å². The molecule has 0 aromatic carbocycles. The van der Waals surface area contributed by atoms with E-state index in [1.807, 2.05) is 7.05 Å². The van der Waals surface area contributed by atoms with Crippen LogP contribution in [-0.2, 0) is 0 Å². The van der Waals surface area contributed by atoms with Crippen LogP contribution in [0.3, 0.4) is 0 Å². The van der Waals surface area contributed by atoms with Gasteiger partial charge in [0.05, 0.1) is 0 Å². The third kappa shape index (κ3) is 4.89. The van der Waals surface area contributed by atoms with Gasteiger partial charge in [-0.25, -0.2) is 0 Å². The summed E-state index contributed by atoms with van der Waals surface area (Å²) in [5.41, 5.74) is 0. The maximum atomic E-state index is 3.57. The second-order valence-electron chi connectivity index (χ2n) is 3.86. The third-order valence-corrected chi connectivity index (χ3v) is 3.88. The molecule has 1 heterocycles. The first-order valence-corrected chi connectivity index (χ1v) is 6.37. The van der Waals surface area contributed by atoms with E-state index in [1.54, 1.807) is 0 Å². The molecule has 1 aliphatic rings. The van der Waals surface area contributed by atoms with Gasteiger partial charge in [0.1, 0.15) is 0 Å². The standard InChI is InChI=1S/C10H22N2S/c1-9(7-11-2)12-8-10-5-3-4-6-13-10/h9-12H,3-8H2,1-2H3. The molecule has 13 heavy (non-hydrogen) atoms. The largest absolute Gasteiger partial charge is 0.318 e. The molecule has 0 aliphatic carbocycles. The van der Waals surface area contributed by atoms with Gasteiger partial charge in [-0.05, 0) is 32.6 Å². The second-order valence-corrected chi connectivity index (χ2v) is 5.26. The highest BCUT2D eigenvalue weighted by Gasteiger charge is 2.13. The van der Waals surface area contributed by atoms with Crippen LogP contribution >= 0.6 is 11.8 Å². The maximum Gasteiger partial charge on any atom is 0.0172 e. The smallest absolute Gasteiger partial charge is 0.0172 e. The molecule has 3 heteroatoms. The highest BCUT2D eigenvalue weighted by molar-refractivity contribution is 7.99. The molecule has 0 saturated carbocycles. The van der Waals surface area contributed by atoms with Crippen LogP contribution in [0, 0.1) is 0 Å². The van der Waals surface area contributed by atoms with E-state index in [9.17, 15) is 0 Å². The zero-order valence-electron chi connectivity index (χ0n) is 8.81. The van der Waals surface area contributed by atoms with Crippen LogP contribution < -0.4 is 10.6 Å². The van der Waals surface area contributed by atoms with Gasteiger partial charge < -0.3 is 10.6 Å². The monoisotopic (exact) mass is 202 g/mol. The Morgan fingerprint density at radius 2 is 2.31 bits per heavy atom. The molecule has 2 unspecified atom stereocenters. The average molecular weight is 202 g/mol. The summed E-state index contributed by atoms with van der Waals surface area (Å²) in [6.45, 7) is 4.49. The number of thioether (sulfide) groups is 1. The number of hydrogen-bond acceptors (Lipinski definition) is 3. The van der Waals surface area contributed by atoms with Crippen molar-refractivity contribution in [3.8, 4) is 0 Å². The lowest BCUT2D eigenvalue weighted by molar-refractivity contribution is 0.505. The molecule has 2 N–H and O–H groups in total.